The van der Waals surface area contributed by atoms with Gasteiger partial charge in [0.25, 0.3) is 5.56 Å². The lowest BCUT2D eigenvalue weighted by Gasteiger charge is -2.24. The second-order valence-corrected chi connectivity index (χ2v) is 7.81. The number of aromatic amines is 1. The Kier molecular flexibility index (Phi) is 5.33. The van der Waals surface area contributed by atoms with Crippen molar-refractivity contribution in [3.63, 3.8) is 0 Å². The Balaban J connectivity index is 1.61. The number of hydrogen-bond donors (Lipinski definition) is 3. The normalized spacial score (nSPS) is 16.8. The summed E-state index contributed by atoms with van der Waals surface area (Å²) >= 11 is 0. The van der Waals surface area contributed by atoms with Crippen molar-refractivity contribution in [1.82, 2.24) is 29.8 Å². The summed E-state index contributed by atoms with van der Waals surface area (Å²) < 4.78 is 42.7. The molecule has 0 aliphatic carbocycles. The number of anilines is 1. The van der Waals surface area contributed by atoms with Crippen molar-refractivity contribution in [2.45, 2.75) is 25.1 Å². The van der Waals surface area contributed by atoms with E-state index in [2.05, 4.69) is 30.6 Å². The first-order valence-corrected chi connectivity index (χ1v) is 10.5. The van der Waals surface area contributed by atoms with Crippen LogP contribution in [0, 0.1) is 0 Å². The van der Waals surface area contributed by atoms with Crippen molar-refractivity contribution >= 4 is 16.9 Å². The quantitative estimate of drug-likeness (QED) is 0.436. The van der Waals surface area contributed by atoms with Gasteiger partial charge in [-0.1, -0.05) is 6.07 Å². The molecule has 1 atom stereocenters. The molecule has 4 aromatic rings. The SMILES string of the molecule is O=c1c2[nH]cc(-c3nc(N[C@H]4CCCNC4)ncc3C(F)(F)F)c2ccn1-c1ccccn1. The highest BCUT2D eigenvalue weighted by molar-refractivity contribution is 5.95. The van der Waals surface area contributed by atoms with Crippen LogP contribution in [0.1, 0.15) is 18.4 Å². The summed E-state index contributed by atoms with van der Waals surface area (Å²) in [7, 11) is 0. The molecule has 0 amide bonds. The molecule has 11 heteroatoms. The fourth-order valence-corrected chi connectivity index (χ4v) is 4.02. The molecule has 0 unspecified atom stereocenters. The maximum Gasteiger partial charge on any atom is 0.419 e. The molecule has 1 aliphatic rings. The van der Waals surface area contributed by atoms with Crippen molar-refractivity contribution in [3.8, 4) is 17.1 Å². The summed E-state index contributed by atoms with van der Waals surface area (Å²) in [6.07, 6.45) is 2.37. The van der Waals surface area contributed by atoms with Gasteiger partial charge in [0.05, 0.1) is 5.69 Å². The van der Waals surface area contributed by atoms with Crippen LogP contribution in [0.15, 0.2) is 53.8 Å². The number of rotatable bonds is 4. The van der Waals surface area contributed by atoms with Gasteiger partial charge in [0.1, 0.15) is 16.9 Å². The maximum absolute atomic E-state index is 13.8. The molecule has 0 aromatic carbocycles. The Morgan fingerprint density at radius 1 is 1.18 bits per heavy atom. The van der Waals surface area contributed by atoms with Gasteiger partial charge < -0.3 is 15.6 Å². The lowest BCUT2D eigenvalue weighted by Crippen LogP contribution is -2.38. The fraction of sp³-hybridized carbons (Fsp3) is 0.273. The molecule has 4 aromatic heterocycles. The van der Waals surface area contributed by atoms with Gasteiger partial charge in [-0.3, -0.25) is 9.36 Å². The third-order valence-electron chi connectivity index (χ3n) is 5.62. The zero-order chi connectivity index (χ0) is 23.0. The summed E-state index contributed by atoms with van der Waals surface area (Å²) in [6.45, 7) is 1.59. The molecule has 0 radical (unpaired) electrons. The Morgan fingerprint density at radius 2 is 2.06 bits per heavy atom. The number of piperidine rings is 1. The van der Waals surface area contributed by atoms with Crippen LogP contribution >= 0.6 is 0 Å². The molecule has 1 aliphatic heterocycles. The number of nitrogens with one attached hydrogen (secondary N) is 3. The smallest absolute Gasteiger partial charge is 0.356 e. The summed E-state index contributed by atoms with van der Waals surface area (Å²) in [5.41, 5.74) is -1.34. The highest BCUT2D eigenvalue weighted by Crippen LogP contribution is 2.38. The average molecular weight is 455 g/mol. The van der Waals surface area contributed by atoms with Gasteiger partial charge in [0.15, 0.2) is 0 Å². The molecule has 8 nitrogen and oxygen atoms in total. The second-order valence-electron chi connectivity index (χ2n) is 7.81. The highest BCUT2D eigenvalue weighted by atomic mass is 19.4. The van der Waals surface area contributed by atoms with E-state index in [1.54, 1.807) is 30.5 Å². The number of halogens is 3. The number of nitrogens with zero attached hydrogens (tertiary/aromatic N) is 4. The van der Waals surface area contributed by atoms with E-state index in [9.17, 15) is 18.0 Å². The van der Waals surface area contributed by atoms with Crippen LogP contribution in [0.4, 0.5) is 19.1 Å². The summed E-state index contributed by atoms with van der Waals surface area (Å²) in [5.74, 6) is 0.522. The summed E-state index contributed by atoms with van der Waals surface area (Å²) in [5, 5.41) is 6.69. The zero-order valence-corrected chi connectivity index (χ0v) is 17.4. The van der Waals surface area contributed by atoms with Crippen molar-refractivity contribution in [1.29, 1.82) is 0 Å². The largest absolute Gasteiger partial charge is 0.419 e. The minimum Gasteiger partial charge on any atom is -0.356 e. The molecule has 1 fully saturated rings. The van der Waals surface area contributed by atoms with E-state index in [0.29, 0.717) is 17.7 Å². The number of alkyl halides is 3. The number of hydrogen-bond acceptors (Lipinski definition) is 6. The predicted octanol–water partition coefficient (Wildman–Crippen LogP) is 3.35. The van der Waals surface area contributed by atoms with E-state index in [-0.39, 0.29) is 28.8 Å². The van der Waals surface area contributed by atoms with E-state index < -0.39 is 17.3 Å². The molecule has 5 rings (SSSR count). The van der Waals surface area contributed by atoms with Crippen LogP contribution in [-0.2, 0) is 6.18 Å². The Morgan fingerprint density at radius 3 is 2.79 bits per heavy atom. The molecule has 170 valence electrons. The Hall–Kier alpha value is -3.73. The van der Waals surface area contributed by atoms with Crippen LogP contribution in [0.3, 0.4) is 0 Å². The molecule has 5 heterocycles. The van der Waals surface area contributed by atoms with Crippen molar-refractivity contribution in [2.24, 2.45) is 0 Å². The standard InChI is InChI=1S/C22H20F3N7O/c23-22(24,25)16-12-29-21(30-13-4-3-7-26-10-13)31-18(16)15-11-28-19-14(15)6-9-32(20(19)33)17-5-1-2-8-27-17/h1-2,5-6,8-9,11-13,26,28H,3-4,7,10H2,(H,29,30,31)/t13-/m0/s1. The minimum atomic E-state index is -4.66. The van der Waals surface area contributed by atoms with Crippen molar-refractivity contribution in [2.75, 3.05) is 18.4 Å². The van der Waals surface area contributed by atoms with Gasteiger partial charge in [-0.15, -0.1) is 0 Å². The van der Waals surface area contributed by atoms with Crippen LogP contribution < -0.4 is 16.2 Å². The third-order valence-corrected chi connectivity index (χ3v) is 5.62. The molecule has 3 N–H and O–H groups in total. The number of aromatic nitrogens is 5. The van der Waals surface area contributed by atoms with Crippen molar-refractivity contribution in [3.05, 3.63) is 65.0 Å². The Bertz CT molecular complexity index is 1340. The Labute approximate surface area is 185 Å². The van der Waals surface area contributed by atoms with Crippen LogP contribution in [0.5, 0.6) is 0 Å². The fourth-order valence-electron chi connectivity index (χ4n) is 4.02. The second kappa shape index (κ2) is 8.32. The minimum absolute atomic E-state index is 0.0249. The van der Waals surface area contributed by atoms with Gasteiger partial charge in [0, 0.05) is 48.3 Å². The molecule has 33 heavy (non-hydrogen) atoms. The van der Waals surface area contributed by atoms with Gasteiger partial charge in [-0.25, -0.2) is 15.0 Å². The number of pyridine rings is 2. The monoisotopic (exact) mass is 455 g/mol. The first-order valence-electron chi connectivity index (χ1n) is 10.5. The van der Waals surface area contributed by atoms with Gasteiger partial charge in [0.2, 0.25) is 5.95 Å². The number of H-pyrrole nitrogens is 1. The molecule has 0 spiro atoms. The van der Waals surface area contributed by atoms with Crippen molar-refractivity contribution < 1.29 is 13.2 Å². The molecular weight excluding hydrogens is 435 g/mol. The maximum atomic E-state index is 13.8. The predicted molar refractivity (Wildman–Crippen MR) is 117 cm³/mol. The highest BCUT2D eigenvalue weighted by Gasteiger charge is 2.36. The van der Waals surface area contributed by atoms with E-state index in [1.165, 1.54) is 17.0 Å². The van der Waals surface area contributed by atoms with Crippen LogP contribution in [-0.4, -0.2) is 43.6 Å². The first kappa shape index (κ1) is 21.1. The topological polar surface area (TPSA) is 101 Å². The van der Waals surface area contributed by atoms with Gasteiger partial charge >= 0.3 is 6.18 Å². The van der Waals surface area contributed by atoms with E-state index in [4.69, 9.17) is 0 Å². The molecule has 0 saturated carbocycles. The van der Waals surface area contributed by atoms with Crippen LogP contribution in [0.25, 0.3) is 28.0 Å². The summed E-state index contributed by atoms with van der Waals surface area (Å²) in [4.78, 5) is 28.1. The van der Waals surface area contributed by atoms with E-state index in [0.717, 1.165) is 25.6 Å². The van der Waals surface area contributed by atoms with Gasteiger partial charge in [-0.2, -0.15) is 13.2 Å². The average Bonchev–Trinajstić information content (AvgIpc) is 3.25. The number of fused-ring (bicyclic) bond motifs is 1. The van der Waals surface area contributed by atoms with Crippen LogP contribution in [0.2, 0.25) is 0 Å². The third kappa shape index (κ3) is 4.07. The molecule has 0 bridgehead atoms. The van der Waals surface area contributed by atoms with E-state index >= 15 is 0 Å². The molecular formula is C22H20F3N7O. The lowest BCUT2D eigenvalue weighted by molar-refractivity contribution is -0.137. The lowest BCUT2D eigenvalue weighted by atomic mass is 10.1. The molecule has 1 saturated heterocycles. The van der Waals surface area contributed by atoms with E-state index in [1.807, 2.05) is 0 Å². The zero-order valence-electron chi connectivity index (χ0n) is 17.4. The first-order chi connectivity index (χ1) is 15.9. The van der Waals surface area contributed by atoms with Gasteiger partial charge in [-0.05, 0) is 37.6 Å². The summed E-state index contributed by atoms with van der Waals surface area (Å²) in [6, 6.07) is 6.74.